The summed E-state index contributed by atoms with van der Waals surface area (Å²) in [4.78, 5) is 24.6. The smallest absolute Gasteiger partial charge is 0.253 e. The van der Waals surface area contributed by atoms with Crippen molar-refractivity contribution in [1.82, 2.24) is 10.2 Å². The minimum absolute atomic E-state index is 0.0314. The van der Waals surface area contributed by atoms with Crippen molar-refractivity contribution in [3.05, 3.63) is 48.0 Å². The highest BCUT2D eigenvalue weighted by atomic mass is 16.2. The van der Waals surface area contributed by atoms with Crippen molar-refractivity contribution < 1.29 is 9.59 Å². The Morgan fingerprint density at radius 2 is 1.95 bits per heavy atom. The van der Waals surface area contributed by atoms with E-state index < -0.39 is 0 Å². The van der Waals surface area contributed by atoms with Crippen LogP contribution in [0.2, 0.25) is 0 Å². The average Bonchev–Trinajstić information content (AvgIpc) is 2.49. The van der Waals surface area contributed by atoms with Gasteiger partial charge in [0.05, 0.1) is 6.54 Å². The molecule has 0 aliphatic rings. The SMILES string of the molecule is C=CCCC(=O)NCC#Cc1ccc(C(=O)N(C)C)cc1. The molecule has 0 spiro atoms. The first-order chi connectivity index (χ1) is 10.0. The molecule has 1 aromatic carbocycles. The Hall–Kier alpha value is -2.54. The van der Waals surface area contributed by atoms with E-state index >= 15 is 0 Å². The van der Waals surface area contributed by atoms with Gasteiger partial charge >= 0.3 is 0 Å². The normalized spacial score (nSPS) is 9.24. The van der Waals surface area contributed by atoms with E-state index in [1.807, 2.05) is 0 Å². The van der Waals surface area contributed by atoms with Gasteiger partial charge < -0.3 is 10.2 Å². The molecular weight excluding hydrogens is 264 g/mol. The fourth-order valence-corrected chi connectivity index (χ4v) is 1.56. The van der Waals surface area contributed by atoms with Gasteiger partial charge in [0.1, 0.15) is 0 Å². The third kappa shape index (κ3) is 5.96. The molecule has 0 aliphatic heterocycles. The third-order valence-corrected chi connectivity index (χ3v) is 2.72. The molecule has 0 saturated heterocycles. The summed E-state index contributed by atoms with van der Waals surface area (Å²) in [6.07, 6.45) is 2.81. The number of hydrogen-bond donors (Lipinski definition) is 1. The highest BCUT2D eigenvalue weighted by Crippen LogP contribution is 2.05. The second-order valence-corrected chi connectivity index (χ2v) is 4.68. The molecule has 0 heterocycles. The lowest BCUT2D eigenvalue weighted by molar-refractivity contribution is -0.120. The summed E-state index contributed by atoms with van der Waals surface area (Å²) < 4.78 is 0. The van der Waals surface area contributed by atoms with Gasteiger partial charge in [-0.2, -0.15) is 0 Å². The van der Waals surface area contributed by atoms with Crippen molar-refractivity contribution in [3.8, 4) is 11.8 Å². The van der Waals surface area contributed by atoms with E-state index in [2.05, 4.69) is 23.7 Å². The lowest BCUT2D eigenvalue weighted by Crippen LogP contribution is -2.22. The van der Waals surface area contributed by atoms with Crippen LogP contribution in [-0.2, 0) is 4.79 Å². The van der Waals surface area contributed by atoms with Crippen LogP contribution in [0.25, 0.3) is 0 Å². The molecule has 0 unspecified atom stereocenters. The second kappa shape index (κ2) is 8.60. The number of amides is 2. The van der Waals surface area contributed by atoms with Crippen LogP contribution < -0.4 is 5.32 Å². The molecule has 0 fully saturated rings. The Morgan fingerprint density at radius 1 is 1.29 bits per heavy atom. The predicted molar refractivity (Wildman–Crippen MR) is 83.8 cm³/mol. The van der Waals surface area contributed by atoms with Gasteiger partial charge in [-0.15, -0.1) is 6.58 Å². The first-order valence-corrected chi connectivity index (χ1v) is 6.72. The Kier molecular flexibility index (Phi) is 6.76. The van der Waals surface area contributed by atoms with E-state index in [1.54, 1.807) is 44.4 Å². The number of nitrogens with zero attached hydrogens (tertiary/aromatic N) is 1. The number of rotatable bonds is 5. The summed E-state index contributed by atoms with van der Waals surface area (Å²) in [6.45, 7) is 3.88. The number of carbonyl (C=O) groups excluding carboxylic acids is 2. The Bertz CT molecular complexity index is 563. The van der Waals surface area contributed by atoms with Gasteiger partial charge in [0.2, 0.25) is 5.91 Å². The number of allylic oxidation sites excluding steroid dienone is 1. The highest BCUT2D eigenvalue weighted by Gasteiger charge is 2.06. The van der Waals surface area contributed by atoms with Gasteiger partial charge in [-0.05, 0) is 30.7 Å². The maximum absolute atomic E-state index is 11.7. The molecule has 4 heteroatoms. The molecule has 1 N–H and O–H groups in total. The maximum atomic E-state index is 11.7. The molecular formula is C17H20N2O2. The molecule has 4 nitrogen and oxygen atoms in total. The van der Waals surface area contributed by atoms with Crippen LogP contribution in [0.3, 0.4) is 0 Å². The molecule has 1 aromatic rings. The monoisotopic (exact) mass is 284 g/mol. The van der Waals surface area contributed by atoms with Crippen LogP contribution in [0.4, 0.5) is 0 Å². The van der Waals surface area contributed by atoms with Gasteiger partial charge in [-0.25, -0.2) is 0 Å². The van der Waals surface area contributed by atoms with Crippen LogP contribution in [0.1, 0.15) is 28.8 Å². The summed E-state index contributed by atoms with van der Waals surface area (Å²) in [6, 6.07) is 7.08. The van der Waals surface area contributed by atoms with Crippen molar-refractivity contribution >= 4 is 11.8 Å². The van der Waals surface area contributed by atoms with Gasteiger partial charge in [0.25, 0.3) is 5.91 Å². The van der Waals surface area contributed by atoms with E-state index in [-0.39, 0.29) is 11.8 Å². The summed E-state index contributed by atoms with van der Waals surface area (Å²) in [7, 11) is 3.43. The minimum atomic E-state index is -0.0380. The molecule has 0 saturated carbocycles. The zero-order valence-electron chi connectivity index (χ0n) is 12.5. The second-order valence-electron chi connectivity index (χ2n) is 4.68. The quantitative estimate of drug-likeness (QED) is 0.662. The van der Waals surface area contributed by atoms with E-state index in [1.165, 1.54) is 4.90 Å². The van der Waals surface area contributed by atoms with Gasteiger partial charge in [-0.1, -0.05) is 17.9 Å². The van der Waals surface area contributed by atoms with Crippen LogP contribution >= 0.6 is 0 Å². The van der Waals surface area contributed by atoms with Gasteiger partial charge in [-0.3, -0.25) is 9.59 Å². The maximum Gasteiger partial charge on any atom is 0.253 e. The van der Waals surface area contributed by atoms with Gasteiger partial charge in [0.15, 0.2) is 0 Å². The molecule has 0 bridgehead atoms. The number of benzene rings is 1. The standard InChI is InChI=1S/C17H20N2O2/c1-4-5-8-16(20)18-13-6-7-14-9-11-15(12-10-14)17(21)19(2)3/h4,9-12H,1,5,8,13H2,2-3H3,(H,18,20). The lowest BCUT2D eigenvalue weighted by Gasteiger charge is -2.09. The Morgan fingerprint density at radius 3 is 2.52 bits per heavy atom. The Labute approximate surface area is 125 Å². The van der Waals surface area contributed by atoms with Gasteiger partial charge in [0, 0.05) is 31.6 Å². The molecule has 0 radical (unpaired) electrons. The minimum Gasteiger partial charge on any atom is -0.345 e. The van der Waals surface area contributed by atoms with Crippen LogP contribution in [0.5, 0.6) is 0 Å². The number of hydrogen-bond acceptors (Lipinski definition) is 2. The van der Waals surface area contributed by atoms with Crippen molar-refractivity contribution in [2.24, 2.45) is 0 Å². The molecule has 21 heavy (non-hydrogen) atoms. The zero-order chi connectivity index (χ0) is 15.7. The van der Waals surface area contributed by atoms with Crippen molar-refractivity contribution in [3.63, 3.8) is 0 Å². The zero-order valence-corrected chi connectivity index (χ0v) is 12.5. The molecule has 0 aromatic heterocycles. The third-order valence-electron chi connectivity index (χ3n) is 2.72. The molecule has 2 amide bonds. The van der Waals surface area contributed by atoms with E-state index in [0.717, 1.165) is 5.56 Å². The largest absolute Gasteiger partial charge is 0.345 e. The average molecular weight is 284 g/mol. The predicted octanol–water partition coefficient (Wildman–Crippen LogP) is 1.82. The fourth-order valence-electron chi connectivity index (χ4n) is 1.56. The summed E-state index contributed by atoms with van der Waals surface area (Å²) in [5.74, 6) is 5.75. The molecule has 110 valence electrons. The van der Waals surface area contributed by atoms with E-state index in [4.69, 9.17) is 0 Å². The van der Waals surface area contributed by atoms with Crippen LogP contribution in [-0.4, -0.2) is 37.4 Å². The van der Waals surface area contributed by atoms with Crippen LogP contribution in [0, 0.1) is 11.8 Å². The number of carbonyl (C=O) groups is 2. The molecule has 0 atom stereocenters. The molecule has 0 aliphatic carbocycles. The number of nitrogens with one attached hydrogen (secondary N) is 1. The van der Waals surface area contributed by atoms with E-state index in [0.29, 0.717) is 24.9 Å². The summed E-state index contributed by atoms with van der Waals surface area (Å²) in [5, 5.41) is 2.71. The summed E-state index contributed by atoms with van der Waals surface area (Å²) >= 11 is 0. The highest BCUT2D eigenvalue weighted by molar-refractivity contribution is 5.93. The summed E-state index contributed by atoms with van der Waals surface area (Å²) in [5.41, 5.74) is 1.44. The van der Waals surface area contributed by atoms with Crippen molar-refractivity contribution in [1.29, 1.82) is 0 Å². The van der Waals surface area contributed by atoms with E-state index in [9.17, 15) is 9.59 Å². The van der Waals surface area contributed by atoms with Crippen molar-refractivity contribution in [2.45, 2.75) is 12.8 Å². The lowest BCUT2D eigenvalue weighted by atomic mass is 10.1. The fraction of sp³-hybridized carbons (Fsp3) is 0.294. The van der Waals surface area contributed by atoms with Crippen molar-refractivity contribution in [2.75, 3.05) is 20.6 Å². The molecule has 1 rings (SSSR count). The topological polar surface area (TPSA) is 49.4 Å². The van der Waals surface area contributed by atoms with Crippen LogP contribution in [0.15, 0.2) is 36.9 Å². The first-order valence-electron chi connectivity index (χ1n) is 6.72. The Balaban J connectivity index is 2.50. The first kappa shape index (κ1) is 16.5.